The molecule has 0 saturated carbocycles. The first-order valence-electron chi connectivity index (χ1n) is 14.3. The van der Waals surface area contributed by atoms with Crippen molar-refractivity contribution in [2.75, 3.05) is 0 Å². The third kappa shape index (κ3) is 15.5. The molecule has 2 aliphatic rings. The van der Waals surface area contributed by atoms with Crippen molar-refractivity contribution in [1.29, 1.82) is 0 Å². The summed E-state index contributed by atoms with van der Waals surface area (Å²) in [5.41, 5.74) is 7.26. The van der Waals surface area contributed by atoms with Crippen LogP contribution in [-0.2, 0) is 30.7 Å². The van der Waals surface area contributed by atoms with Crippen molar-refractivity contribution in [3.63, 3.8) is 0 Å². The van der Waals surface area contributed by atoms with E-state index in [-0.39, 0.29) is 24.8 Å². The summed E-state index contributed by atoms with van der Waals surface area (Å²) in [6.45, 7) is 9.03. The van der Waals surface area contributed by atoms with Crippen LogP contribution in [0.1, 0.15) is 58.1 Å². The van der Waals surface area contributed by atoms with Crippen LogP contribution in [0, 0.1) is 35.6 Å². The van der Waals surface area contributed by atoms with Gasteiger partial charge in [-0.2, -0.15) is 125 Å². The molecule has 0 nitrogen and oxygen atoms in total. The Morgan fingerprint density at radius 2 is 1.39 bits per heavy atom. The van der Waals surface area contributed by atoms with Gasteiger partial charge in [-0.1, -0.05) is 104 Å². The van der Waals surface area contributed by atoms with Gasteiger partial charge in [-0.25, -0.2) is 6.08 Å². The van der Waals surface area contributed by atoms with Crippen LogP contribution < -0.4 is 0 Å². The molecule has 0 spiro atoms. The van der Waals surface area contributed by atoms with Gasteiger partial charge in [0.05, 0.1) is 0 Å². The molecule has 1 atom stereocenters. The summed E-state index contributed by atoms with van der Waals surface area (Å²) in [4.78, 5) is 0. The first-order valence-corrected chi connectivity index (χ1v) is 16.8. The van der Waals surface area contributed by atoms with E-state index >= 15 is 0 Å². The molecular weight excluding hydrogens is 701 g/mol. The predicted octanol–water partition coefficient (Wildman–Crippen LogP) is 12.3. The number of allylic oxidation sites excluding steroid dienone is 4. The molecule has 4 aromatic carbocycles. The average molecular weight is 744 g/mol. The zero-order valence-corrected chi connectivity index (χ0v) is 31.6. The molecule has 5 heteroatoms. The Hall–Kier alpha value is -1.73. The molecule has 0 radical (unpaired) electrons. The maximum Gasteiger partial charge on any atom is -0.0253 e. The van der Waals surface area contributed by atoms with Crippen LogP contribution in [-0.4, -0.2) is 4.21 Å². The van der Waals surface area contributed by atoms with Crippen LogP contribution >= 0.6 is 48.0 Å². The second kappa shape index (κ2) is 23.6. The Balaban J connectivity index is 0.000000561. The largest absolute Gasteiger partial charge is 0.179 e. The van der Waals surface area contributed by atoms with Gasteiger partial charge in [0.1, 0.15) is 0 Å². The summed E-state index contributed by atoms with van der Waals surface area (Å²) in [6, 6.07) is 38.2. The number of unbranched alkanes of at least 4 members (excludes halogenated alkanes) is 1. The molecular formula is C39H42Cl4Zr-4. The van der Waals surface area contributed by atoms with Gasteiger partial charge in [0.15, 0.2) is 0 Å². The normalized spacial score (nSPS) is 13.0. The second-order valence-electron chi connectivity index (χ2n) is 10.8. The minimum Gasteiger partial charge on any atom is -0.179 e. The number of fused-ring (bicyclic) bond motifs is 3. The number of benzene rings is 4. The molecule has 0 aliphatic heterocycles. The summed E-state index contributed by atoms with van der Waals surface area (Å²) in [5, 5.41) is 1.48. The van der Waals surface area contributed by atoms with Gasteiger partial charge in [-0.05, 0) is 6.42 Å². The van der Waals surface area contributed by atoms with Crippen LogP contribution in [0.5, 0.6) is 0 Å². The van der Waals surface area contributed by atoms with Crippen molar-refractivity contribution in [3.05, 3.63) is 154 Å². The van der Waals surface area contributed by atoms with Crippen molar-refractivity contribution < 1.29 is 24.2 Å². The van der Waals surface area contributed by atoms with E-state index in [4.69, 9.17) is 23.2 Å². The maximum absolute atomic E-state index is 5.51. The van der Waals surface area contributed by atoms with Crippen LogP contribution in [0.3, 0.4) is 0 Å². The molecule has 0 fully saturated rings. The molecule has 0 heterocycles. The number of rotatable bonds is 3. The Labute approximate surface area is 304 Å². The fraction of sp³-hybridized carbons (Fsp3) is 0.256. The molecule has 1 unspecified atom stereocenters. The van der Waals surface area contributed by atoms with Crippen molar-refractivity contribution in [2.24, 2.45) is 11.3 Å². The summed E-state index contributed by atoms with van der Waals surface area (Å²) < 4.78 is 3.34. The summed E-state index contributed by atoms with van der Waals surface area (Å²) >= 11 is 12.3. The van der Waals surface area contributed by atoms with Crippen molar-refractivity contribution in [3.8, 4) is 11.1 Å². The average Bonchev–Trinajstić information content (AvgIpc) is 3.64. The monoisotopic (exact) mass is 740 g/mol. The van der Waals surface area contributed by atoms with Gasteiger partial charge in [0.25, 0.3) is 0 Å². The fourth-order valence-electron chi connectivity index (χ4n) is 4.31. The third-order valence-corrected chi connectivity index (χ3v) is 6.99. The first-order chi connectivity index (χ1) is 20.3. The van der Waals surface area contributed by atoms with Gasteiger partial charge in [0.2, 0.25) is 0 Å². The quantitative estimate of drug-likeness (QED) is 0.161. The van der Waals surface area contributed by atoms with E-state index in [9.17, 15) is 0 Å². The second-order valence-corrected chi connectivity index (χ2v) is 11.6. The summed E-state index contributed by atoms with van der Waals surface area (Å²) in [5.74, 6) is 0.592. The summed E-state index contributed by atoms with van der Waals surface area (Å²) in [6.07, 6.45) is 12.9. The fourth-order valence-corrected chi connectivity index (χ4v) is 4.58. The van der Waals surface area contributed by atoms with Crippen molar-refractivity contribution in [1.82, 2.24) is 0 Å². The van der Waals surface area contributed by atoms with E-state index < -0.39 is 0 Å². The van der Waals surface area contributed by atoms with Gasteiger partial charge in [0, 0.05) is 0 Å². The number of hydrogen-bond donors (Lipinski definition) is 0. The molecule has 6 rings (SSSR count). The van der Waals surface area contributed by atoms with Crippen LogP contribution in [0.2, 0.25) is 10.0 Å². The van der Waals surface area contributed by atoms with E-state index in [0.29, 0.717) is 11.3 Å². The molecule has 4 aromatic rings. The van der Waals surface area contributed by atoms with E-state index in [1.54, 1.807) is 12.1 Å². The molecule has 0 amide bonds. The number of halogens is 4. The Morgan fingerprint density at radius 1 is 0.818 bits per heavy atom. The van der Waals surface area contributed by atoms with E-state index in [2.05, 4.69) is 105 Å². The number of hydrogen-bond acceptors (Lipinski definition) is 0. The third-order valence-electron chi connectivity index (χ3n) is 6.52. The molecule has 0 saturated heterocycles. The molecule has 0 bridgehead atoms. The standard InChI is InChI=1S/C13H9.C13H21.2C6H4Cl.CH2.2ClH.Zr/c1-3-7-12-10(5-1)9-11-6-2-4-8-13(11)12;1-5-6-7-11-8-9-12(10-11)13(2,3)4;2*7-6-4-2-1-3-5-6;;;;/h1-5,7-8H,9H2;9-11H,5-7H2,1-4H3;2*1-2,4-5H;1H2;2*1H;/q4*-1;;;;. The SMILES string of the molecule is CCCCC1[C-]=CC(C(C)(C)C)=C1.Cl.Cl.Clc1c[c-]ccc1.Clc1c[c-]ccc1.[CH2]=[Zr].[c-]1cccc2c1Cc1ccccc1-2. The van der Waals surface area contributed by atoms with Crippen LogP contribution in [0.15, 0.2) is 109 Å². The Kier molecular flexibility index (Phi) is 22.7. The van der Waals surface area contributed by atoms with E-state index in [1.807, 2.05) is 42.5 Å². The Bertz CT molecular complexity index is 1300. The minimum absolute atomic E-state index is 0. The molecule has 0 N–H and O–H groups in total. The van der Waals surface area contributed by atoms with Gasteiger partial charge in [-0.3, -0.25) is 6.08 Å². The zero-order valence-electron chi connectivity index (χ0n) is 26.0. The molecule has 2 aliphatic carbocycles. The zero-order chi connectivity index (χ0) is 30.8. The van der Waals surface area contributed by atoms with Gasteiger partial charge in [-0.15, -0.1) is 30.4 Å². The molecule has 234 valence electrons. The topological polar surface area (TPSA) is 0 Å². The smallest absolute Gasteiger partial charge is 0.0253 e. The van der Waals surface area contributed by atoms with Gasteiger partial charge >= 0.3 is 28.4 Å². The van der Waals surface area contributed by atoms with E-state index in [0.717, 1.165) is 16.5 Å². The maximum atomic E-state index is 5.51. The first kappa shape index (κ1) is 42.3. The van der Waals surface area contributed by atoms with Gasteiger partial charge < -0.3 is 0 Å². The molecule has 0 aromatic heterocycles. The minimum atomic E-state index is 0. The summed E-state index contributed by atoms with van der Waals surface area (Å²) in [7, 11) is 0. The predicted molar refractivity (Wildman–Crippen MR) is 194 cm³/mol. The Morgan fingerprint density at radius 3 is 1.86 bits per heavy atom. The molecule has 44 heavy (non-hydrogen) atoms. The van der Waals surface area contributed by atoms with Crippen molar-refractivity contribution in [2.45, 2.75) is 53.4 Å². The van der Waals surface area contributed by atoms with Crippen molar-refractivity contribution >= 4 is 52.2 Å². The van der Waals surface area contributed by atoms with E-state index in [1.165, 1.54) is 71.3 Å². The van der Waals surface area contributed by atoms with Crippen LogP contribution in [0.25, 0.3) is 11.1 Å². The van der Waals surface area contributed by atoms with Crippen LogP contribution in [0.4, 0.5) is 0 Å².